The average Bonchev–Trinajstić information content (AvgIpc) is 3.55. The number of piperazine rings is 1. The second-order valence-electron chi connectivity index (χ2n) is 7.50. The molecule has 9 heteroatoms. The van der Waals surface area contributed by atoms with E-state index >= 15 is 0 Å². The minimum Gasteiger partial charge on any atom is -0.461 e. The first-order valence-electron chi connectivity index (χ1n) is 10.1. The summed E-state index contributed by atoms with van der Waals surface area (Å²) < 4.78 is 15.9. The molecular formula is C22H21N5O4. The Bertz CT molecular complexity index is 1150. The molecule has 0 aliphatic carbocycles. The Hall–Kier alpha value is -3.72. The van der Waals surface area contributed by atoms with Crippen molar-refractivity contribution in [2.75, 3.05) is 26.2 Å². The third-order valence-corrected chi connectivity index (χ3v) is 5.29. The summed E-state index contributed by atoms with van der Waals surface area (Å²) in [5.41, 5.74) is 2.39. The van der Waals surface area contributed by atoms with Gasteiger partial charge in [-0.25, -0.2) is 0 Å². The Labute approximate surface area is 178 Å². The zero-order valence-corrected chi connectivity index (χ0v) is 17.0. The van der Waals surface area contributed by atoms with Gasteiger partial charge in [-0.05, 0) is 19.1 Å². The summed E-state index contributed by atoms with van der Waals surface area (Å²) in [6, 6.07) is 13.1. The van der Waals surface area contributed by atoms with E-state index in [-0.39, 0.29) is 11.6 Å². The first-order valence-corrected chi connectivity index (χ1v) is 10.1. The lowest BCUT2D eigenvalue weighted by atomic mass is 10.1. The molecule has 1 amide bonds. The molecule has 1 fully saturated rings. The minimum atomic E-state index is -0.152. The van der Waals surface area contributed by atoms with E-state index in [1.807, 2.05) is 31.2 Å². The summed E-state index contributed by atoms with van der Waals surface area (Å²) in [6.07, 6.45) is 1.55. The van der Waals surface area contributed by atoms with E-state index in [9.17, 15) is 4.79 Å². The highest BCUT2D eigenvalue weighted by Gasteiger charge is 2.26. The van der Waals surface area contributed by atoms with E-state index < -0.39 is 0 Å². The molecule has 4 aromatic rings. The number of carbonyl (C=O) groups is 1. The van der Waals surface area contributed by atoms with Crippen LogP contribution in [0.1, 0.15) is 21.9 Å². The predicted molar refractivity (Wildman–Crippen MR) is 110 cm³/mol. The van der Waals surface area contributed by atoms with Crippen LogP contribution in [-0.4, -0.2) is 57.2 Å². The number of amides is 1. The normalized spacial score (nSPS) is 14.8. The van der Waals surface area contributed by atoms with E-state index in [2.05, 4.69) is 20.2 Å². The monoisotopic (exact) mass is 419 g/mol. The molecule has 0 bridgehead atoms. The van der Waals surface area contributed by atoms with Gasteiger partial charge in [0, 0.05) is 37.8 Å². The van der Waals surface area contributed by atoms with Crippen molar-refractivity contribution in [2.24, 2.45) is 0 Å². The molecule has 0 saturated carbocycles. The lowest BCUT2D eigenvalue weighted by molar-refractivity contribution is 0.0605. The van der Waals surface area contributed by atoms with Crippen LogP contribution in [-0.2, 0) is 6.54 Å². The summed E-state index contributed by atoms with van der Waals surface area (Å²) in [5.74, 6) is 1.98. The molecule has 1 aromatic carbocycles. The number of furan rings is 1. The molecule has 0 unspecified atom stereocenters. The maximum Gasteiger partial charge on any atom is 0.276 e. The number of rotatable bonds is 5. The summed E-state index contributed by atoms with van der Waals surface area (Å²) in [6.45, 7) is 5.17. The smallest absolute Gasteiger partial charge is 0.276 e. The molecular weight excluding hydrogens is 398 g/mol. The zero-order valence-electron chi connectivity index (χ0n) is 17.0. The average molecular weight is 419 g/mol. The Morgan fingerprint density at radius 3 is 2.55 bits per heavy atom. The van der Waals surface area contributed by atoms with Gasteiger partial charge < -0.3 is 18.4 Å². The Morgan fingerprint density at radius 2 is 1.81 bits per heavy atom. The molecule has 0 spiro atoms. The van der Waals surface area contributed by atoms with Gasteiger partial charge in [0.2, 0.25) is 17.5 Å². The molecule has 0 atom stereocenters. The topological polar surface area (TPSA) is 102 Å². The molecule has 1 aliphatic rings. The van der Waals surface area contributed by atoms with Gasteiger partial charge >= 0.3 is 0 Å². The molecule has 4 heterocycles. The second kappa shape index (κ2) is 8.19. The van der Waals surface area contributed by atoms with Gasteiger partial charge in [-0.1, -0.05) is 40.1 Å². The second-order valence-corrected chi connectivity index (χ2v) is 7.50. The van der Waals surface area contributed by atoms with Crippen LogP contribution in [0.3, 0.4) is 0 Å². The molecule has 31 heavy (non-hydrogen) atoms. The van der Waals surface area contributed by atoms with Crippen molar-refractivity contribution >= 4 is 5.91 Å². The molecule has 5 rings (SSSR count). The number of aryl methyl sites for hydroxylation is 1. The van der Waals surface area contributed by atoms with E-state index in [1.165, 1.54) is 5.56 Å². The van der Waals surface area contributed by atoms with Gasteiger partial charge in [0.25, 0.3) is 5.91 Å². The number of nitrogens with zero attached hydrogens (tertiary/aromatic N) is 5. The zero-order chi connectivity index (χ0) is 21.2. The number of aromatic nitrogens is 3. The highest BCUT2D eigenvalue weighted by Crippen LogP contribution is 2.22. The van der Waals surface area contributed by atoms with Crippen LogP contribution in [0.2, 0.25) is 0 Å². The number of benzene rings is 1. The standard InChI is InChI=1S/C22H21N5O4/c1-15-4-6-16(7-5-15)21-23-20(31-25-21)14-26-8-10-27(11-9-26)22(28)17-13-19(30-24-17)18-3-2-12-29-18/h2-7,12-13H,8-11,14H2,1H3. The lowest BCUT2D eigenvalue weighted by Gasteiger charge is -2.33. The van der Waals surface area contributed by atoms with Crippen LogP contribution in [0.25, 0.3) is 22.9 Å². The fraction of sp³-hybridized carbons (Fsp3) is 0.273. The van der Waals surface area contributed by atoms with Crippen molar-refractivity contribution in [3.8, 4) is 22.9 Å². The van der Waals surface area contributed by atoms with Gasteiger partial charge in [0.15, 0.2) is 11.5 Å². The van der Waals surface area contributed by atoms with Gasteiger partial charge in [-0.15, -0.1) is 0 Å². The minimum absolute atomic E-state index is 0.152. The Balaban J connectivity index is 1.16. The largest absolute Gasteiger partial charge is 0.461 e. The van der Waals surface area contributed by atoms with Crippen LogP contribution >= 0.6 is 0 Å². The number of hydrogen-bond acceptors (Lipinski definition) is 8. The van der Waals surface area contributed by atoms with Crippen LogP contribution in [0.4, 0.5) is 0 Å². The molecule has 9 nitrogen and oxygen atoms in total. The summed E-state index contributed by atoms with van der Waals surface area (Å²) in [7, 11) is 0. The third-order valence-electron chi connectivity index (χ3n) is 5.29. The van der Waals surface area contributed by atoms with Gasteiger partial charge in [-0.3, -0.25) is 9.69 Å². The number of hydrogen-bond donors (Lipinski definition) is 0. The van der Waals surface area contributed by atoms with Gasteiger partial charge in [0.05, 0.1) is 12.8 Å². The van der Waals surface area contributed by atoms with Crippen molar-refractivity contribution in [2.45, 2.75) is 13.5 Å². The van der Waals surface area contributed by atoms with Crippen LogP contribution in [0.15, 0.2) is 62.2 Å². The summed E-state index contributed by atoms with van der Waals surface area (Å²) in [4.78, 5) is 21.2. The summed E-state index contributed by atoms with van der Waals surface area (Å²) >= 11 is 0. The third kappa shape index (κ3) is 4.13. The molecule has 0 N–H and O–H groups in total. The number of carbonyl (C=O) groups excluding carboxylic acids is 1. The maximum atomic E-state index is 12.7. The molecule has 0 radical (unpaired) electrons. The van der Waals surface area contributed by atoms with Crippen molar-refractivity contribution < 1.29 is 18.3 Å². The van der Waals surface area contributed by atoms with E-state index in [0.29, 0.717) is 56.0 Å². The van der Waals surface area contributed by atoms with Crippen LogP contribution < -0.4 is 0 Å². The van der Waals surface area contributed by atoms with Gasteiger partial charge in [-0.2, -0.15) is 4.98 Å². The Morgan fingerprint density at radius 1 is 1.00 bits per heavy atom. The van der Waals surface area contributed by atoms with E-state index in [0.717, 1.165) is 5.56 Å². The van der Waals surface area contributed by atoms with E-state index in [4.69, 9.17) is 13.5 Å². The predicted octanol–water partition coefficient (Wildman–Crippen LogP) is 3.25. The molecule has 3 aromatic heterocycles. The van der Waals surface area contributed by atoms with Crippen molar-refractivity contribution in [3.63, 3.8) is 0 Å². The fourth-order valence-electron chi connectivity index (χ4n) is 3.51. The SMILES string of the molecule is Cc1ccc(-c2noc(CN3CCN(C(=O)c4cc(-c5ccco5)on4)CC3)n2)cc1. The fourth-order valence-corrected chi connectivity index (χ4v) is 3.51. The quantitative estimate of drug-likeness (QED) is 0.486. The Kier molecular flexibility index (Phi) is 5.09. The highest BCUT2D eigenvalue weighted by atomic mass is 16.5. The van der Waals surface area contributed by atoms with Gasteiger partial charge in [0.1, 0.15) is 0 Å². The van der Waals surface area contributed by atoms with Crippen LogP contribution in [0.5, 0.6) is 0 Å². The molecule has 158 valence electrons. The molecule has 1 saturated heterocycles. The maximum absolute atomic E-state index is 12.7. The van der Waals surface area contributed by atoms with Crippen molar-refractivity contribution in [1.29, 1.82) is 0 Å². The highest BCUT2D eigenvalue weighted by molar-refractivity contribution is 5.93. The van der Waals surface area contributed by atoms with E-state index in [1.54, 1.807) is 29.4 Å². The first-order chi connectivity index (χ1) is 15.2. The van der Waals surface area contributed by atoms with Crippen molar-refractivity contribution in [1.82, 2.24) is 25.1 Å². The van der Waals surface area contributed by atoms with Crippen molar-refractivity contribution in [3.05, 3.63) is 65.9 Å². The first kappa shape index (κ1) is 19.3. The lowest BCUT2D eigenvalue weighted by Crippen LogP contribution is -2.48. The summed E-state index contributed by atoms with van der Waals surface area (Å²) in [5, 5.41) is 7.98. The molecule has 1 aliphatic heterocycles. The van der Waals surface area contributed by atoms with Crippen LogP contribution in [0, 0.1) is 6.92 Å².